The van der Waals surface area contributed by atoms with Gasteiger partial charge in [0, 0.05) is 10.9 Å². The molecule has 30 heavy (non-hydrogen) atoms. The lowest BCUT2D eigenvalue weighted by molar-refractivity contribution is -0.142. The number of nitrogens with one attached hydrogen (secondary N) is 1. The third kappa shape index (κ3) is 5.89. The van der Waals surface area contributed by atoms with Crippen molar-refractivity contribution in [1.29, 1.82) is 5.26 Å². The number of amides is 1. The summed E-state index contributed by atoms with van der Waals surface area (Å²) in [5.74, 6) is -0.551. The number of anilines is 1. The summed E-state index contributed by atoms with van der Waals surface area (Å²) in [6.07, 6.45) is 0.0662. The van der Waals surface area contributed by atoms with E-state index in [1.54, 1.807) is 24.4 Å². The van der Waals surface area contributed by atoms with E-state index in [1.165, 1.54) is 23.1 Å². The van der Waals surface area contributed by atoms with Crippen molar-refractivity contribution in [1.82, 2.24) is 9.97 Å². The smallest absolute Gasteiger partial charge is 0.311 e. The van der Waals surface area contributed by atoms with E-state index in [9.17, 15) is 14.9 Å². The average molecular weight is 439 g/mol. The Labute approximate surface area is 182 Å². The minimum Gasteiger partial charge on any atom is -0.466 e. The van der Waals surface area contributed by atoms with Crippen LogP contribution in [-0.4, -0.2) is 34.2 Å². The largest absolute Gasteiger partial charge is 0.466 e. The van der Waals surface area contributed by atoms with Crippen molar-refractivity contribution in [3.63, 3.8) is 0 Å². The molecule has 0 saturated heterocycles. The second kappa shape index (κ2) is 10.5. The summed E-state index contributed by atoms with van der Waals surface area (Å²) in [4.78, 5) is 32.6. The van der Waals surface area contributed by atoms with E-state index < -0.39 is 0 Å². The highest BCUT2D eigenvalue weighted by atomic mass is 32.2. The maximum absolute atomic E-state index is 12.3. The zero-order valence-electron chi connectivity index (χ0n) is 16.1. The number of benzene rings is 1. The highest BCUT2D eigenvalue weighted by Gasteiger charge is 2.13. The van der Waals surface area contributed by atoms with Crippen LogP contribution in [0, 0.1) is 11.3 Å². The maximum atomic E-state index is 12.3. The van der Waals surface area contributed by atoms with E-state index in [4.69, 9.17) is 4.74 Å². The molecule has 0 atom stereocenters. The topological polar surface area (TPSA) is 105 Å². The summed E-state index contributed by atoms with van der Waals surface area (Å²) in [6.45, 7) is 2.05. The molecule has 7 nitrogen and oxygen atoms in total. The number of rotatable bonds is 8. The highest BCUT2D eigenvalue weighted by molar-refractivity contribution is 8.00. The standard InChI is InChI=1S/C21H18N4O3S2/c1-2-28-19(27)10-16-12-30-21(23-16)25-18(26)13-29-20-15(11-22)8-9-17(24-20)14-6-4-3-5-7-14/h3-9,12H,2,10,13H2,1H3,(H,23,25,26). The lowest BCUT2D eigenvalue weighted by Crippen LogP contribution is -2.14. The number of hydrogen-bond donors (Lipinski definition) is 1. The summed E-state index contributed by atoms with van der Waals surface area (Å²) in [6, 6.07) is 15.2. The first-order chi connectivity index (χ1) is 14.6. The van der Waals surface area contributed by atoms with Crippen LogP contribution in [0.4, 0.5) is 5.13 Å². The molecule has 0 unspecified atom stereocenters. The quantitative estimate of drug-likeness (QED) is 0.420. The zero-order chi connectivity index (χ0) is 21.3. The van der Waals surface area contributed by atoms with Gasteiger partial charge in [0.05, 0.1) is 35.7 Å². The van der Waals surface area contributed by atoms with Gasteiger partial charge in [-0.1, -0.05) is 42.1 Å². The number of nitriles is 1. The molecular weight excluding hydrogens is 420 g/mol. The SMILES string of the molecule is CCOC(=O)Cc1csc(NC(=O)CSc2nc(-c3ccccc3)ccc2C#N)n1. The van der Waals surface area contributed by atoms with Crippen LogP contribution in [0.5, 0.6) is 0 Å². The zero-order valence-corrected chi connectivity index (χ0v) is 17.8. The van der Waals surface area contributed by atoms with Crippen molar-refractivity contribution >= 4 is 40.1 Å². The third-order valence-corrected chi connectivity index (χ3v) is 5.62. The Morgan fingerprint density at radius 1 is 1.20 bits per heavy atom. The first-order valence-electron chi connectivity index (χ1n) is 9.08. The van der Waals surface area contributed by atoms with Crippen molar-refractivity contribution in [2.24, 2.45) is 0 Å². The van der Waals surface area contributed by atoms with Crippen molar-refractivity contribution in [3.05, 3.63) is 59.1 Å². The molecule has 0 aliphatic rings. The van der Waals surface area contributed by atoms with Crippen LogP contribution in [0.25, 0.3) is 11.3 Å². The number of thioether (sulfide) groups is 1. The van der Waals surface area contributed by atoms with Crippen molar-refractivity contribution < 1.29 is 14.3 Å². The summed E-state index contributed by atoms with van der Waals surface area (Å²) in [5.41, 5.74) is 2.63. The molecule has 2 heterocycles. The van der Waals surface area contributed by atoms with Gasteiger partial charge in [-0.2, -0.15) is 5.26 Å². The highest BCUT2D eigenvalue weighted by Crippen LogP contribution is 2.25. The van der Waals surface area contributed by atoms with Gasteiger partial charge in [-0.3, -0.25) is 9.59 Å². The number of pyridine rings is 1. The Morgan fingerprint density at radius 3 is 2.73 bits per heavy atom. The van der Waals surface area contributed by atoms with Crippen LogP contribution in [0.15, 0.2) is 52.9 Å². The van der Waals surface area contributed by atoms with Gasteiger partial charge >= 0.3 is 5.97 Å². The Kier molecular flexibility index (Phi) is 7.54. The molecular formula is C21H18N4O3S2. The van der Waals surface area contributed by atoms with Gasteiger partial charge in [-0.05, 0) is 19.1 Å². The minimum atomic E-state index is -0.357. The molecule has 1 amide bonds. The van der Waals surface area contributed by atoms with Crippen LogP contribution < -0.4 is 5.32 Å². The number of nitrogens with zero attached hydrogens (tertiary/aromatic N) is 3. The number of aromatic nitrogens is 2. The van der Waals surface area contributed by atoms with Crippen molar-refractivity contribution in [3.8, 4) is 17.3 Å². The van der Waals surface area contributed by atoms with Crippen LogP contribution in [0.2, 0.25) is 0 Å². The number of thiazole rings is 1. The van der Waals surface area contributed by atoms with E-state index in [0.29, 0.717) is 28.0 Å². The van der Waals surface area contributed by atoms with E-state index in [1.807, 2.05) is 30.3 Å². The van der Waals surface area contributed by atoms with E-state index in [-0.39, 0.29) is 24.1 Å². The van der Waals surface area contributed by atoms with Gasteiger partial charge < -0.3 is 10.1 Å². The number of carbonyl (C=O) groups is 2. The number of esters is 1. The molecule has 0 saturated carbocycles. The van der Waals surface area contributed by atoms with Gasteiger partial charge in [-0.15, -0.1) is 11.3 Å². The third-order valence-electron chi connectivity index (χ3n) is 3.82. The summed E-state index contributed by atoms with van der Waals surface area (Å²) in [7, 11) is 0. The van der Waals surface area contributed by atoms with E-state index in [0.717, 1.165) is 11.3 Å². The van der Waals surface area contributed by atoms with Crippen LogP contribution in [0.3, 0.4) is 0 Å². The lowest BCUT2D eigenvalue weighted by atomic mass is 10.1. The fraction of sp³-hybridized carbons (Fsp3) is 0.190. The molecule has 1 aromatic carbocycles. The van der Waals surface area contributed by atoms with Gasteiger partial charge in [0.25, 0.3) is 0 Å². The minimum absolute atomic E-state index is 0.0662. The predicted molar refractivity (Wildman–Crippen MR) is 116 cm³/mol. The van der Waals surface area contributed by atoms with Crippen molar-refractivity contribution in [2.75, 3.05) is 17.7 Å². The molecule has 9 heteroatoms. The van der Waals surface area contributed by atoms with Gasteiger partial charge in [0.2, 0.25) is 5.91 Å². The summed E-state index contributed by atoms with van der Waals surface area (Å²) >= 11 is 2.43. The maximum Gasteiger partial charge on any atom is 0.311 e. The van der Waals surface area contributed by atoms with E-state index in [2.05, 4.69) is 21.4 Å². The molecule has 0 bridgehead atoms. The lowest BCUT2D eigenvalue weighted by Gasteiger charge is -2.07. The predicted octanol–water partition coefficient (Wildman–Crippen LogP) is 3.91. The molecule has 2 aromatic heterocycles. The van der Waals surface area contributed by atoms with Gasteiger partial charge in [-0.25, -0.2) is 9.97 Å². The molecule has 0 radical (unpaired) electrons. The Morgan fingerprint density at radius 2 is 2.00 bits per heavy atom. The molecule has 3 aromatic rings. The fourth-order valence-corrected chi connectivity index (χ4v) is 4.00. The molecule has 152 valence electrons. The molecule has 3 rings (SSSR count). The average Bonchev–Trinajstić information content (AvgIpc) is 3.19. The van der Waals surface area contributed by atoms with E-state index >= 15 is 0 Å². The Bertz CT molecular complexity index is 1080. The van der Waals surface area contributed by atoms with Gasteiger partial charge in [0.1, 0.15) is 11.1 Å². The summed E-state index contributed by atoms with van der Waals surface area (Å²) in [5, 5.41) is 14.7. The first-order valence-corrected chi connectivity index (χ1v) is 10.9. The van der Waals surface area contributed by atoms with Crippen LogP contribution >= 0.6 is 23.1 Å². The summed E-state index contributed by atoms with van der Waals surface area (Å²) < 4.78 is 4.89. The second-order valence-corrected chi connectivity index (χ2v) is 7.81. The Hall–Kier alpha value is -3.22. The number of ether oxygens (including phenoxy) is 1. The van der Waals surface area contributed by atoms with Gasteiger partial charge in [0.15, 0.2) is 5.13 Å². The van der Waals surface area contributed by atoms with Crippen LogP contribution in [-0.2, 0) is 20.7 Å². The van der Waals surface area contributed by atoms with Crippen LogP contribution in [0.1, 0.15) is 18.2 Å². The number of hydrogen-bond acceptors (Lipinski definition) is 8. The normalized spacial score (nSPS) is 10.3. The van der Waals surface area contributed by atoms with Crippen molar-refractivity contribution in [2.45, 2.75) is 18.4 Å². The Balaban J connectivity index is 1.61. The fourth-order valence-electron chi connectivity index (χ4n) is 2.50. The second-order valence-electron chi connectivity index (χ2n) is 5.99. The molecule has 0 fully saturated rings. The molecule has 1 N–H and O–H groups in total. The molecule has 0 aliphatic heterocycles. The molecule has 0 aliphatic carbocycles. The monoisotopic (exact) mass is 438 g/mol. The first kappa shape index (κ1) is 21.5. The molecule has 0 spiro atoms. The number of carbonyl (C=O) groups excluding carboxylic acids is 2.